The summed E-state index contributed by atoms with van der Waals surface area (Å²) in [5.74, 6) is 1.37. The molecule has 0 fully saturated rings. The number of benzene rings is 2. The molecule has 5 nitrogen and oxygen atoms in total. The van der Waals surface area contributed by atoms with Gasteiger partial charge in [-0.1, -0.05) is 42.5 Å². The first kappa shape index (κ1) is 17.1. The number of hydrogen-bond donors (Lipinski definition) is 1. The van der Waals surface area contributed by atoms with Gasteiger partial charge in [-0.25, -0.2) is 0 Å². The number of hydrogen-bond acceptors (Lipinski definition) is 4. The van der Waals surface area contributed by atoms with Gasteiger partial charge < -0.3 is 14.5 Å². The molecule has 0 unspecified atom stereocenters. The number of ether oxygens (including phenoxy) is 2. The van der Waals surface area contributed by atoms with E-state index in [1.807, 2.05) is 61.5 Å². The Hall–Kier alpha value is -3.34. The summed E-state index contributed by atoms with van der Waals surface area (Å²) >= 11 is 0. The van der Waals surface area contributed by atoms with Crippen LogP contribution in [-0.4, -0.2) is 22.3 Å². The molecule has 2 heterocycles. The molecular formula is C22H21N3O2. The minimum atomic E-state index is 0.459. The van der Waals surface area contributed by atoms with E-state index in [1.165, 1.54) is 0 Å². The van der Waals surface area contributed by atoms with Gasteiger partial charge in [-0.3, -0.25) is 0 Å². The van der Waals surface area contributed by atoms with Gasteiger partial charge in [0.1, 0.15) is 17.9 Å². The van der Waals surface area contributed by atoms with Crippen molar-refractivity contribution in [2.24, 2.45) is 0 Å². The molecule has 4 rings (SSSR count). The highest BCUT2D eigenvalue weighted by Gasteiger charge is 2.14. The van der Waals surface area contributed by atoms with Crippen LogP contribution in [0.25, 0.3) is 10.9 Å². The molecular weight excluding hydrogens is 338 g/mol. The molecule has 4 aromatic rings. The molecule has 0 radical (unpaired) electrons. The summed E-state index contributed by atoms with van der Waals surface area (Å²) in [4.78, 5) is 3.36. The lowest BCUT2D eigenvalue weighted by atomic mass is 10.1. The minimum Gasteiger partial charge on any atom is -0.497 e. The van der Waals surface area contributed by atoms with E-state index in [2.05, 4.69) is 21.2 Å². The molecule has 0 aliphatic heterocycles. The van der Waals surface area contributed by atoms with E-state index in [0.29, 0.717) is 18.9 Å². The van der Waals surface area contributed by atoms with Crippen molar-refractivity contribution in [2.45, 2.75) is 20.0 Å². The molecule has 136 valence electrons. The first-order valence-corrected chi connectivity index (χ1v) is 8.87. The predicted molar refractivity (Wildman–Crippen MR) is 105 cm³/mol. The Labute approximate surface area is 158 Å². The van der Waals surface area contributed by atoms with E-state index in [-0.39, 0.29) is 0 Å². The van der Waals surface area contributed by atoms with Crippen LogP contribution in [0.15, 0.2) is 60.7 Å². The van der Waals surface area contributed by atoms with Crippen molar-refractivity contribution in [2.75, 3.05) is 7.11 Å². The van der Waals surface area contributed by atoms with Gasteiger partial charge in [-0.15, -0.1) is 5.10 Å². The average molecular weight is 359 g/mol. The number of fused-ring (bicyclic) bond motifs is 1. The number of methoxy groups -OCH3 is 1. The van der Waals surface area contributed by atoms with Crippen molar-refractivity contribution in [3.8, 4) is 11.6 Å². The van der Waals surface area contributed by atoms with E-state index >= 15 is 0 Å². The fourth-order valence-electron chi connectivity index (χ4n) is 3.09. The van der Waals surface area contributed by atoms with Crippen molar-refractivity contribution in [3.63, 3.8) is 0 Å². The molecule has 1 N–H and O–H groups in total. The van der Waals surface area contributed by atoms with Crippen LogP contribution in [-0.2, 0) is 13.0 Å². The van der Waals surface area contributed by atoms with Crippen LogP contribution in [0.3, 0.4) is 0 Å². The SMILES string of the molecule is COc1ccc(Cc2nnc(OCc3ccccc3)c3[nH]c(C)cc23)cc1. The van der Waals surface area contributed by atoms with Crippen LogP contribution in [0, 0.1) is 6.92 Å². The topological polar surface area (TPSA) is 60.0 Å². The zero-order valence-electron chi connectivity index (χ0n) is 15.4. The van der Waals surface area contributed by atoms with Crippen LogP contribution in [0.4, 0.5) is 0 Å². The Balaban J connectivity index is 1.61. The molecule has 0 aliphatic rings. The molecule has 0 saturated heterocycles. The van der Waals surface area contributed by atoms with Gasteiger partial charge in [0, 0.05) is 17.5 Å². The van der Waals surface area contributed by atoms with E-state index in [4.69, 9.17) is 9.47 Å². The Morgan fingerprint density at radius 1 is 0.926 bits per heavy atom. The lowest BCUT2D eigenvalue weighted by molar-refractivity contribution is 0.293. The van der Waals surface area contributed by atoms with Gasteiger partial charge in [-0.2, -0.15) is 5.10 Å². The Bertz CT molecular complexity index is 1040. The first-order valence-electron chi connectivity index (χ1n) is 8.87. The zero-order valence-corrected chi connectivity index (χ0v) is 15.4. The van der Waals surface area contributed by atoms with Crippen molar-refractivity contribution in [1.82, 2.24) is 15.2 Å². The molecule has 2 aromatic heterocycles. The zero-order chi connectivity index (χ0) is 18.6. The van der Waals surface area contributed by atoms with Gasteiger partial charge in [-0.05, 0) is 36.2 Å². The highest BCUT2D eigenvalue weighted by molar-refractivity contribution is 5.86. The Morgan fingerprint density at radius 2 is 1.70 bits per heavy atom. The van der Waals surface area contributed by atoms with Crippen molar-refractivity contribution >= 4 is 10.9 Å². The van der Waals surface area contributed by atoms with Gasteiger partial charge >= 0.3 is 0 Å². The largest absolute Gasteiger partial charge is 0.497 e. The molecule has 0 bridgehead atoms. The quantitative estimate of drug-likeness (QED) is 0.553. The second kappa shape index (κ2) is 7.50. The van der Waals surface area contributed by atoms with Gasteiger partial charge in [0.2, 0.25) is 0 Å². The molecule has 5 heteroatoms. The van der Waals surface area contributed by atoms with Crippen LogP contribution in [0.2, 0.25) is 0 Å². The summed E-state index contributed by atoms with van der Waals surface area (Å²) < 4.78 is 11.2. The molecule has 2 aromatic carbocycles. The first-order chi connectivity index (χ1) is 13.2. The number of aryl methyl sites for hydroxylation is 1. The van der Waals surface area contributed by atoms with Gasteiger partial charge in [0.25, 0.3) is 5.88 Å². The summed E-state index contributed by atoms with van der Waals surface area (Å²) in [7, 11) is 1.67. The second-order valence-corrected chi connectivity index (χ2v) is 6.49. The fraction of sp³-hybridized carbons (Fsp3) is 0.182. The van der Waals surface area contributed by atoms with Crippen LogP contribution in [0.1, 0.15) is 22.5 Å². The maximum atomic E-state index is 5.93. The number of H-pyrrole nitrogens is 1. The molecule has 0 spiro atoms. The molecule has 0 amide bonds. The maximum Gasteiger partial charge on any atom is 0.258 e. The van der Waals surface area contributed by atoms with E-state index in [0.717, 1.165) is 39.2 Å². The van der Waals surface area contributed by atoms with Crippen molar-refractivity contribution in [1.29, 1.82) is 0 Å². The van der Waals surface area contributed by atoms with Crippen LogP contribution < -0.4 is 9.47 Å². The lowest BCUT2D eigenvalue weighted by Crippen LogP contribution is -2.02. The summed E-state index contributed by atoms with van der Waals surface area (Å²) in [6.45, 7) is 2.48. The normalized spacial score (nSPS) is 10.9. The second-order valence-electron chi connectivity index (χ2n) is 6.49. The highest BCUT2D eigenvalue weighted by Crippen LogP contribution is 2.27. The summed E-state index contributed by atoms with van der Waals surface area (Å²) in [6, 6.07) is 20.2. The third-order valence-corrected chi connectivity index (χ3v) is 4.49. The molecule has 0 aliphatic carbocycles. The van der Waals surface area contributed by atoms with E-state index in [9.17, 15) is 0 Å². The third-order valence-electron chi connectivity index (χ3n) is 4.49. The monoisotopic (exact) mass is 359 g/mol. The fourth-order valence-corrected chi connectivity index (χ4v) is 3.09. The maximum absolute atomic E-state index is 5.93. The van der Waals surface area contributed by atoms with E-state index < -0.39 is 0 Å². The number of aromatic amines is 1. The Kier molecular flexibility index (Phi) is 4.75. The average Bonchev–Trinajstić information content (AvgIpc) is 3.11. The Morgan fingerprint density at radius 3 is 2.44 bits per heavy atom. The van der Waals surface area contributed by atoms with Gasteiger partial charge in [0.15, 0.2) is 0 Å². The van der Waals surface area contributed by atoms with Crippen molar-refractivity contribution in [3.05, 3.63) is 83.2 Å². The van der Waals surface area contributed by atoms with Crippen molar-refractivity contribution < 1.29 is 9.47 Å². The van der Waals surface area contributed by atoms with Gasteiger partial charge in [0.05, 0.1) is 12.8 Å². The standard InChI is InChI=1S/C22H21N3O2/c1-15-12-19-20(13-16-8-10-18(26-2)11-9-16)24-25-22(21(19)23-15)27-14-17-6-4-3-5-7-17/h3-12,23H,13-14H2,1-2H3. The number of aromatic nitrogens is 3. The summed E-state index contributed by atoms with van der Waals surface area (Å²) in [6.07, 6.45) is 0.698. The highest BCUT2D eigenvalue weighted by atomic mass is 16.5. The number of rotatable bonds is 6. The van der Waals surface area contributed by atoms with Crippen LogP contribution >= 0.6 is 0 Å². The van der Waals surface area contributed by atoms with E-state index in [1.54, 1.807) is 7.11 Å². The predicted octanol–water partition coefficient (Wildman–Crippen LogP) is 4.44. The molecule has 0 atom stereocenters. The minimum absolute atomic E-state index is 0.459. The lowest BCUT2D eigenvalue weighted by Gasteiger charge is -2.08. The molecule has 0 saturated carbocycles. The smallest absolute Gasteiger partial charge is 0.258 e. The summed E-state index contributed by atoms with van der Waals surface area (Å²) in [5, 5.41) is 9.82. The summed E-state index contributed by atoms with van der Waals surface area (Å²) in [5.41, 5.74) is 5.12. The van der Waals surface area contributed by atoms with Crippen LogP contribution in [0.5, 0.6) is 11.6 Å². The number of nitrogens with zero attached hydrogens (tertiary/aromatic N) is 2. The third kappa shape index (κ3) is 3.77. The molecule has 27 heavy (non-hydrogen) atoms. The number of nitrogens with one attached hydrogen (secondary N) is 1.